The number of nitrogen functional groups attached to an aromatic ring is 1. The third-order valence-corrected chi connectivity index (χ3v) is 3.14. The first kappa shape index (κ1) is 13.6. The van der Waals surface area contributed by atoms with Gasteiger partial charge in [-0.3, -0.25) is 0 Å². The van der Waals surface area contributed by atoms with Gasteiger partial charge in [-0.15, -0.1) is 11.3 Å². The van der Waals surface area contributed by atoms with Crippen LogP contribution in [0.4, 0.5) is 11.5 Å². The molecule has 0 unspecified atom stereocenters. The molecule has 2 aromatic rings. The Kier molecular flexibility index (Phi) is 4.97. The predicted molar refractivity (Wildman–Crippen MR) is 78.7 cm³/mol. The van der Waals surface area contributed by atoms with Crippen LogP contribution < -0.4 is 15.8 Å². The van der Waals surface area contributed by atoms with Crippen LogP contribution in [0.15, 0.2) is 23.0 Å². The Balaban J connectivity index is 1.89. The summed E-state index contributed by atoms with van der Waals surface area (Å²) in [5, 5.41) is 5.29. The lowest BCUT2D eigenvalue weighted by Gasteiger charge is -2.10. The fourth-order valence-corrected chi connectivity index (χ4v) is 2.14. The smallest absolute Gasteiger partial charge is 0.239 e. The number of aromatic nitrogens is 2. The van der Waals surface area contributed by atoms with Gasteiger partial charge in [0.2, 0.25) is 5.88 Å². The zero-order chi connectivity index (χ0) is 13.5. The minimum atomic E-state index is 0.500. The monoisotopic (exact) mass is 278 g/mol. The topological polar surface area (TPSA) is 73.1 Å². The van der Waals surface area contributed by atoms with E-state index in [9.17, 15) is 0 Å². The lowest BCUT2D eigenvalue weighted by molar-refractivity contribution is 0.307. The quantitative estimate of drug-likeness (QED) is 0.814. The minimum Gasteiger partial charge on any atom is -0.476 e. The molecule has 2 heterocycles. The molecule has 0 fully saturated rings. The number of rotatable bonds is 7. The Bertz CT molecular complexity index is 501. The van der Waals surface area contributed by atoms with Gasteiger partial charge in [-0.25, -0.2) is 4.98 Å². The van der Waals surface area contributed by atoms with Crippen molar-refractivity contribution in [1.29, 1.82) is 0 Å². The van der Waals surface area contributed by atoms with Crippen molar-refractivity contribution < 1.29 is 4.74 Å². The van der Waals surface area contributed by atoms with Crippen molar-refractivity contribution in [3.05, 3.63) is 28.7 Å². The maximum atomic E-state index is 5.81. The highest BCUT2D eigenvalue weighted by Gasteiger charge is 2.04. The van der Waals surface area contributed by atoms with Gasteiger partial charge in [0.1, 0.15) is 5.82 Å². The highest BCUT2D eigenvalue weighted by Crippen LogP contribution is 2.20. The first-order valence-electron chi connectivity index (χ1n) is 6.30. The first-order chi connectivity index (χ1) is 9.29. The summed E-state index contributed by atoms with van der Waals surface area (Å²) in [6, 6.07) is 3.67. The number of nitrogens with two attached hydrogens (primary N) is 1. The fourth-order valence-electron chi connectivity index (χ4n) is 1.54. The third-order valence-electron chi connectivity index (χ3n) is 2.50. The van der Waals surface area contributed by atoms with Gasteiger partial charge in [0, 0.05) is 18.3 Å². The molecule has 3 N–H and O–H groups in total. The molecule has 0 aliphatic heterocycles. The van der Waals surface area contributed by atoms with Crippen molar-refractivity contribution in [3.63, 3.8) is 0 Å². The molecule has 0 bridgehead atoms. The van der Waals surface area contributed by atoms with E-state index in [4.69, 9.17) is 10.5 Å². The van der Waals surface area contributed by atoms with Gasteiger partial charge in [0.25, 0.3) is 0 Å². The summed E-state index contributed by atoms with van der Waals surface area (Å²) in [6.07, 6.45) is 1.81. The lowest BCUT2D eigenvalue weighted by Crippen LogP contribution is -2.08. The summed E-state index contributed by atoms with van der Waals surface area (Å²) in [6.45, 7) is 3.46. The lowest BCUT2D eigenvalue weighted by atomic mass is 10.3. The highest BCUT2D eigenvalue weighted by atomic mass is 32.1. The maximum Gasteiger partial charge on any atom is 0.239 e. The molecule has 102 valence electrons. The number of hydrogen-bond acceptors (Lipinski definition) is 6. The van der Waals surface area contributed by atoms with E-state index in [1.54, 1.807) is 11.3 Å². The Hall–Kier alpha value is -1.82. The van der Waals surface area contributed by atoms with Gasteiger partial charge in [-0.05, 0) is 18.6 Å². The van der Waals surface area contributed by atoms with Crippen LogP contribution in [0.3, 0.4) is 0 Å². The average molecular weight is 278 g/mol. The molecule has 0 atom stereocenters. The molecular weight excluding hydrogens is 260 g/mol. The summed E-state index contributed by atoms with van der Waals surface area (Å²) in [5.41, 5.74) is 9.31. The van der Waals surface area contributed by atoms with Crippen molar-refractivity contribution >= 4 is 22.8 Å². The van der Waals surface area contributed by atoms with Gasteiger partial charge >= 0.3 is 0 Å². The SMILES string of the molecule is CCCOc1nc(NCCc2cscn2)ccc1N. The van der Waals surface area contributed by atoms with E-state index in [-0.39, 0.29) is 0 Å². The van der Waals surface area contributed by atoms with Crippen molar-refractivity contribution in [2.24, 2.45) is 0 Å². The van der Waals surface area contributed by atoms with Crippen molar-refractivity contribution in [2.75, 3.05) is 24.2 Å². The molecule has 5 nitrogen and oxygen atoms in total. The van der Waals surface area contributed by atoms with Gasteiger partial charge in [0.05, 0.1) is 23.5 Å². The minimum absolute atomic E-state index is 0.500. The van der Waals surface area contributed by atoms with Crippen molar-refractivity contribution in [1.82, 2.24) is 9.97 Å². The number of nitrogens with one attached hydrogen (secondary N) is 1. The van der Waals surface area contributed by atoms with Crippen LogP contribution >= 0.6 is 11.3 Å². The molecule has 19 heavy (non-hydrogen) atoms. The maximum absolute atomic E-state index is 5.81. The van der Waals surface area contributed by atoms with Gasteiger partial charge < -0.3 is 15.8 Å². The summed E-state index contributed by atoms with van der Waals surface area (Å²) in [4.78, 5) is 8.59. The Morgan fingerprint density at radius 1 is 1.42 bits per heavy atom. The first-order valence-corrected chi connectivity index (χ1v) is 7.24. The summed E-state index contributed by atoms with van der Waals surface area (Å²) < 4.78 is 5.49. The van der Waals surface area contributed by atoms with Crippen LogP contribution in [0.25, 0.3) is 0 Å². The highest BCUT2D eigenvalue weighted by molar-refractivity contribution is 7.07. The normalized spacial score (nSPS) is 10.4. The molecule has 0 aromatic carbocycles. The van der Waals surface area contributed by atoms with E-state index in [1.165, 1.54) is 0 Å². The molecule has 0 aliphatic carbocycles. The molecule has 2 aromatic heterocycles. The largest absolute Gasteiger partial charge is 0.476 e. The molecule has 0 amide bonds. The van der Waals surface area contributed by atoms with Crippen LogP contribution in [0, 0.1) is 0 Å². The van der Waals surface area contributed by atoms with E-state index in [1.807, 2.05) is 29.9 Å². The Morgan fingerprint density at radius 3 is 3.05 bits per heavy atom. The van der Waals surface area contributed by atoms with E-state index in [2.05, 4.69) is 15.3 Å². The van der Waals surface area contributed by atoms with Crippen LogP contribution in [0.5, 0.6) is 5.88 Å². The van der Waals surface area contributed by atoms with E-state index < -0.39 is 0 Å². The number of anilines is 2. The number of hydrogen-bond donors (Lipinski definition) is 2. The van der Waals surface area contributed by atoms with Crippen LogP contribution in [-0.4, -0.2) is 23.1 Å². The summed E-state index contributed by atoms with van der Waals surface area (Å²) in [7, 11) is 0. The molecular formula is C13H18N4OS. The molecule has 0 spiro atoms. The number of nitrogens with zero attached hydrogens (tertiary/aromatic N) is 2. The van der Waals surface area contributed by atoms with Crippen molar-refractivity contribution in [3.8, 4) is 5.88 Å². The third kappa shape index (κ3) is 4.10. The number of ether oxygens (including phenoxy) is 1. The number of thiazole rings is 1. The van der Waals surface area contributed by atoms with E-state index >= 15 is 0 Å². The second-order valence-electron chi connectivity index (χ2n) is 4.10. The second kappa shape index (κ2) is 6.94. The van der Waals surface area contributed by atoms with Gasteiger partial charge in [0.15, 0.2) is 0 Å². The summed E-state index contributed by atoms with van der Waals surface area (Å²) >= 11 is 1.61. The van der Waals surface area contributed by atoms with Crippen LogP contribution in [0.1, 0.15) is 19.0 Å². The Labute approximate surface area is 116 Å². The van der Waals surface area contributed by atoms with Gasteiger partial charge in [-0.1, -0.05) is 6.92 Å². The molecule has 0 radical (unpaired) electrons. The fraction of sp³-hybridized carbons (Fsp3) is 0.385. The zero-order valence-electron chi connectivity index (χ0n) is 10.9. The van der Waals surface area contributed by atoms with Gasteiger partial charge in [-0.2, -0.15) is 4.98 Å². The van der Waals surface area contributed by atoms with E-state index in [0.717, 1.165) is 30.9 Å². The second-order valence-corrected chi connectivity index (χ2v) is 4.81. The van der Waals surface area contributed by atoms with Crippen LogP contribution in [0.2, 0.25) is 0 Å². The summed E-state index contributed by atoms with van der Waals surface area (Å²) in [5.74, 6) is 1.27. The molecule has 2 rings (SSSR count). The molecule has 0 saturated carbocycles. The molecule has 6 heteroatoms. The number of pyridine rings is 1. The zero-order valence-corrected chi connectivity index (χ0v) is 11.7. The predicted octanol–water partition coefficient (Wildman–Crippen LogP) is 2.56. The van der Waals surface area contributed by atoms with E-state index in [0.29, 0.717) is 18.2 Å². The molecule has 0 aliphatic rings. The standard InChI is InChI=1S/C13H18N4OS/c1-2-7-18-13-11(14)3-4-12(17-13)15-6-5-10-8-19-9-16-10/h3-4,8-9H,2,5-7,14H2,1H3,(H,15,17). The Morgan fingerprint density at radius 2 is 2.32 bits per heavy atom. The van der Waals surface area contributed by atoms with Crippen molar-refractivity contribution in [2.45, 2.75) is 19.8 Å². The molecule has 0 saturated heterocycles. The van der Waals surface area contributed by atoms with Crippen LogP contribution in [-0.2, 0) is 6.42 Å². The average Bonchev–Trinajstić information content (AvgIpc) is 2.92.